The molecule has 0 unspecified atom stereocenters. The van der Waals surface area contributed by atoms with Crippen molar-refractivity contribution in [3.8, 4) is 0 Å². The first kappa shape index (κ1) is 23.3. The zero-order chi connectivity index (χ0) is 21.6. The van der Waals surface area contributed by atoms with Crippen molar-refractivity contribution in [1.29, 1.82) is 0 Å². The number of amides is 1. The first-order valence-corrected chi connectivity index (χ1v) is 11.8. The van der Waals surface area contributed by atoms with Crippen LogP contribution in [0.15, 0.2) is 42.5 Å². The fourth-order valence-corrected chi connectivity index (χ4v) is 4.15. The minimum absolute atomic E-state index is 0.167. The molecule has 1 amide bonds. The van der Waals surface area contributed by atoms with Crippen LogP contribution in [-0.4, -0.2) is 40.2 Å². The summed E-state index contributed by atoms with van der Waals surface area (Å²) in [7, 11) is -3.73. The Bertz CT molecular complexity index is 946. The first-order valence-electron chi connectivity index (χ1n) is 9.19. The summed E-state index contributed by atoms with van der Waals surface area (Å²) >= 11 is 12.1. The van der Waals surface area contributed by atoms with Crippen LogP contribution in [0, 0.1) is 0 Å². The van der Waals surface area contributed by atoms with Gasteiger partial charge in [0.05, 0.1) is 17.0 Å². The van der Waals surface area contributed by atoms with E-state index in [9.17, 15) is 13.2 Å². The van der Waals surface area contributed by atoms with Crippen molar-refractivity contribution >= 4 is 50.5 Å². The zero-order valence-electron chi connectivity index (χ0n) is 16.7. The molecule has 2 rings (SSSR count). The van der Waals surface area contributed by atoms with E-state index in [-0.39, 0.29) is 17.3 Å². The second-order valence-corrected chi connectivity index (χ2v) is 9.23. The average molecular weight is 458 g/mol. The van der Waals surface area contributed by atoms with Crippen LogP contribution in [0.1, 0.15) is 19.4 Å². The predicted octanol–water partition coefficient (Wildman–Crippen LogP) is 3.92. The molecular formula is C20H25Cl2N3O3S. The number of nitrogens with zero attached hydrogens (tertiary/aromatic N) is 2. The average Bonchev–Trinajstić information content (AvgIpc) is 2.67. The van der Waals surface area contributed by atoms with E-state index in [1.54, 1.807) is 6.07 Å². The fraction of sp³-hybridized carbons (Fsp3) is 0.350. The second kappa shape index (κ2) is 10.2. The van der Waals surface area contributed by atoms with Crippen molar-refractivity contribution in [3.05, 3.63) is 58.1 Å². The van der Waals surface area contributed by atoms with Gasteiger partial charge < -0.3 is 10.2 Å². The van der Waals surface area contributed by atoms with Crippen molar-refractivity contribution in [3.63, 3.8) is 0 Å². The summed E-state index contributed by atoms with van der Waals surface area (Å²) in [6.45, 7) is 5.92. The van der Waals surface area contributed by atoms with Gasteiger partial charge in [-0.05, 0) is 49.7 Å². The summed E-state index contributed by atoms with van der Waals surface area (Å²) in [5.74, 6) is -0.445. The molecule has 0 bridgehead atoms. The highest BCUT2D eigenvalue weighted by Crippen LogP contribution is 2.30. The molecule has 2 aromatic carbocycles. The van der Waals surface area contributed by atoms with Crippen molar-refractivity contribution in [2.45, 2.75) is 20.4 Å². The van der Waals surface area contributed by atoms with Gasteiger partial charge in [0.25, 0.3) is 0 Å². The van der Waals surface area contributed by atoms with Gasteiger partial charge in [-0.15, -0.1) is 0 Å². The highest BCUT2D eigenvalue weighted by atomic mass is 35.5. The zero-order valence-corrected chi connectivity index (χ0v) is 19.0. The van der Waals surface area contributed by atoms with Crippen molar-refractivity contribution in [1.82, 2.24) is 5.32 Å². The Labute approximate surface area is 182 Å². The van der Waals surface area contributed by atoms with Crippen LogP contribution in [0.3, 0.4) is 0 Å². The van der Waals surface area contributed by atoms with Gasteiger partial charge >= 0.3 is 0 Å². The summed E-state index contributed by atoms with van der Waals surface area (Å²) in [6, 6.07) is 12.4. The number of benzene rings is 2. The van der Waals surface area contributed by atoms with Crippen LogP contribution in [0.2, 0.25) is 10.0 Å². The lowest BCUT2D eigenvalue weighted by Crippen LogP contribution is -2.40. The molecule has 0 aliphatic carbocycles. The van der Waals surface area contributed by atoms with Crippen LogP contribution >= 0.6 is 23.2 Å². The number of sulfonamides is 1. The van der Waals surface area contributed by atoms with Crippen LogP contribution in [-0.2, 0) is 21.4 Å². The molecule has 0 aliphatic heterocycles. The summed E-state index contributed by atoms with van der Waals surface area (Å²) in [4.78, 5) is 14.6. The lowest BCUT2D eigenvalue weighted by molar-refractivity contribution is -0.119. The molecule has 6 nitrogen and oxygen atoms in total. The molecule has 9 heteroatoms. The number of anilines is 2. The van der Waals surface area contributed by atoms with Gasteiger partial charge in [-0.1, -0.05) is 35.3 Å². The molecule has 0 saturated carbocycles. The number of hydrogen-bond donors (Lipinski definition) is 1. The highest BCUT2D eigenvalue weighted by molar-refractivity contribution is 7.92. The number of rotatable bonds is 9. The molecule has 0 radical (unpaired) electrons. The second-order valence-electron chi connectivity index (χ2n) is 6.48. The molecule has 1 N–H and O–H groups in total. The first-order chi connectivity index (χ1) is 13.7. The molecule has 0 spiro atoms. The Morgan fingerprint density at radius 1 is 1.03 bits per heavy atom. The largest absolute Gasteiger partial charge is 0.372 e. The van der Waals surface area contributed by atoms with E-state index in [1.807, 2.05) is 24.3 Å². The maximum Gasteiger partial charge on any atom is 0.241 e. The highest BCUT2D eigenvalue weighted by Gasteiger charge is 2.23. The van der Waals surface area contributed by atoms with Crippen molar-refractivity contribution < 1.29 is 13.2 Å². The van der Waals surface area contributed by atoms with Gasteiger partial charge in [-0.25, -0.2) is 8.42 Å². The Kier molecular flexibility index (Phi) is 8.19. The van der Waals surface area contributed by atoms with E-state index in [2.05, 4.69) is 24.1 Å². The van der Waals surface area contributed by atoms with Gasteiger partial charge in [0.2, 0.25) is 15.9 Å². The minimum atomic E-state index is -3.73. The van der Waals surface area contributed by atoms with E-state index in [0.29, 0.717) is 5.02 Å². The maximum absolute atomic E-state index is 12.4. The number of halogens is 2. The van der Waals surface area contributed by atoms with Crippen molar-refractivity contribution in [2.75, 3.05) is 35.1 Å². The standard InChI is InChI=1S/C20H25Cl2N3O3S/c1-4-24(5-2)17-9-6-15(7-10-17)13-23-20(26)14-25(29(3,27)28)19-12-16(21)8-11-18(19)22/h6-12H,4-5,13-14H2,1-3H3,(H,23,26). The molecule has 0 aliphatic rings. The van der Waals surface area contributed by atoms with Gasteiger partial charge in [-0.3, -0.25) is 9.10 Å². The molecular weight excluding hydrogens is 433 g/mol. The number of carbonyl (C=O) groups is 1. The molecule has 0 fully saturated rings. The van der Waals surface area contributed by atoms with E-state index < -0.39 is 22.5 Å². The molecule has 29 heavy (non-hydrogen) atoms. The van der Waals surface area contributed by atoms with Gasteiger partial charge in [0.15, 0.2) is 0 Å². The van der Waals surface area contributed by atoms with Gasteiger partial charge in [0.1, 0.15) is 6.54 Å². The predicted molar refractivity (Wildman–Crippen MR) is 121 cm³/mol. The molecule has 158 valence electrons. The van der Waals surface area contributed by atoms with Gasteiger partial charge in [0, 0.05) is 30.3 Å². The number of carbonyl (C=O) groups excluding carboxylic acids is 1. The maximum atomic E-state index is 12.4. The number of hydrogen-bond acceptors (Lipinski definition) is 4. The summed E-state index contributed by atoms with van der Waals surface area (Å²) in [6.07, 6.45) is 1.02. The third-order valence-corrected chi connectivity index (χ3v) is 6.10. The smallest absolute Gasteiger partial charge is 0.241 e. The quantitative estimate of drug-likeness (QED) is 0.619. The lowest BCUT2D eigenvalue weighted by atomic mass is 10.2. The van der Waals surface area contributed by atoms with Gasteiger partial charge in [-0.2, -0.15) is 0 Å². The fourth-order valence-electron chi connectivity index (χ4n) is 2.86. The molecule has 0 saturated heterocycles. The van der Waals surface area contributed by atoms with E-state index in [1.165, 1.54) is 12.1 Å². The SMILES string of the molecule is CCN(CC)c1ccc(CNC(=O)CN(c2cc(Cl)ccc2Cl)S(C)(=O)=O)cc1. The molecule has 0 heterocycles. The van der Waals surface area contributed by atoms with Crippen molar-refractivity contribution in [2.24, 2.45) is 0 Å². The summed E-state index contributed by atoms with van der Waals surface area (Å²) < 4.78 is 25.4. The Balaban J connectivity index is 2.07. The lowest BCUT2D eigenvalue weighted by Gasteiger charge is -2.23. The Hall–Kier alpha value is -1.96. The van der Waals surface area contributed by atoms with E-state index in [4.69, 9.17) is 23.2 Å². The minimum Gasteiger partial charge on any atom is -0.372 e. The monoisotopic (exact) mass is 457 g/mol. The third kappa shape index (κ3) is 6.52. The van der Waals surface area contributed by atoms with E-state index >= 15 is 0 Å². The Morgan fingerprint density at radius 3 is 2.21 bits per heavy atom. The topological polar surface area (TPSA) is 69.7 Å². The molecule has 2 aromatic rings. The summed E-state index contributed by atoms with van der Waals surface area (Å²) in [5, 5.41) is 3.27. The molecule has 0 atom stereocenters. The third-order valence-electron chi connectivity index (χ3n) is 4.42. The van der Waals surface area contributed by atoms with Crippen LogP contribution < -0.4 is 14.5 Å². The van der Waals surface area contributed by atoms with Crippen LogP contribution in [0.4, 0.5) is 11.4 Å². The number of nitrogens with one attached hydrogen (secondary N) is 1. The van der Waals surface area contributed by atoms with E-state index in [0.717, 1.165) is 34.9 Å². The summed E-state index contributed by atoms with van der Waals surface area (Å²) in [5.41, 5.74) is 2.20. The molecule has 0 aromatic heterocycles. The normalized spacial score (nSPS) is 11.2. The van der Waals surface area contributed by atoms with Crippen LogP contribution in [0.25, 0.3) is 0 Å². The Morgan fingerprint density at radius 2 is 1.66 bits per heavy atom. The van der Waals surface area contributed by atoms with Crippen LogP contribution in [0.5, 0.6) is 0 Å².